The number of hydrogen-bond acceptors (Lipinski definition) is 3. The van der Waals surface area contributed by atoms with Gasteiger partial charge in [-0.25, -0.2) is 0 Å². The lowest BCUT2D eigenvalue weighted by molar-refractivity contribution is -0.121. The largest absolute Gasteiger partial charge is 0.394 e. The fraction of sp³-hybridized carbons (Fsp3) is 0.667. The maximum Gasteiger partial charge on any atom is 0.229 e. The third-order valence-corrected chi connectivity index (χ3v) is 4.31. The highest BCUT2D eigenvalue weighted by Gasteiger charge is 2.43. The van der Waals surface area contributed by atoms with Gasteiger partial charge in [0.15, 0.2) is 5.82 Å². The fourth-order valence-electron chi connectivity index (χ4n) is 3.31. The van der Waals surface area contributed by atoms with Gasteiger partial charge in [0.1, 0.15) is 0 Å². The summed E-state index contributed by atoms with van der Waals surface area (Å²) in [4.78, 5) is 12.1. The minimum atomic E-state index is 0.0930. The van der Waals surface area contributed by atoms with Crippen LogP contribution in [-0.2, 0) is 4.79 Å². The number of rotatable bonds is 2. The van der Waals surface area contributed by atoms with Gasteiger partial charge in [-0.3, -0.25) is 9.89 Å². The Bertz CT molecular complexity index is 453. The zero-order chi connectivity index (χ0) is 12.0. The van der Waals surface area contributed by atoms with Gasteiger partial charge in [-0.2, -0.15) is 5.10 Å². The molecule has 2 bridgehead atoms. The quantitative estimate of drug-likeness (QED) is 0.727. The molecule has 3 rings (SSSR count). The van der Waals surface area contributed by atoms with Gasteiger partial charge in [0.2, 0.25) is 5.91 Å². The molecule has 2 saturated carbocycles. The van der Waals surface area contributed by atoms with Crippen LogP contribution in [0, 0.1) is 24.7 Å². The maximum atomic E-state index is 12.1. The Balaban J connectivity index is 1.70. The molecule has 0 aliphatic heterocycles. The first-order valence-electron chi connectivity index (χ1n) is 6.26. The highest BCUT2D eigenvalue weighted by molar-refractivity contribution is 5.94. The number of amides is 1. The number of hydrogen-bond donors (Lipinski definition) is 3. The molecular formula is C12H18N4O. The summed E-state index contributed by atoms with van der Waals surface area (Å²) in [6, 6.07) is 0. The minimum Gasteiger partial charge on any atom is -0.394 e. The van der Waals surface area contributed by atoms with Gasteiger partial charge in [0, 0.05) is 5.92 Å². The summed E-state index contributed by atoms with van der Waals surface area (Å²) in [5, 5.41) is 9.64. The molecule has 1 aromatic heterocycles. The van der Waals surface area contributed by atoms with Crippen molar-refractivity contribution in [3.8, 4) is 0 Å². The summed E-state index contributed by atoms with van der Waals surface area (Å²) < 4.78 is 0. The van der Waals surface area contributed by atoms with Crippen molar-refractivity contribution < 1.29 is 4.79 Å². The van der Waals surface area contributed by atoms with Gasteiger partial charge < -0.3 is 11.1 Å². The first-order valence-corrected chi connectivity index (χ1v) is 6.26. The molecule has 1 aromatic rings. The maximum absolute atomic E-state index is 12.1. The Morgan fingerprint density at radius 1 is 1.47 bits per heavy atom. The van der Waals surface area contributed by atoms with Gasteiger partial charge in [-0.05, 0) is 38.0 Å². The van der Waals surface area contributed by atoms with Crippen molar-refractivity contribution in [1.29, 1.82) is 0 Å². The summed E-state index contributed by atoms with van der Waals surface area (Å²) in [5.41, 5.74) is 7.16. The van der Waals surface area contributed by atoms with Gasteiger partial charge in [0.25, 0.3) is 0 Å². The molecule has 5 nitrogen and oxygen atoms in total. The van der Waals surface area contributed by atoms with Crippen molar-refractivity contribution in [2.75, 3.05) is 11.1 Å². The molecule has 0 saturated heterocycles. The Hall–Kier alpha value is -1.52. The van der Waals surface area contributed by atoms with Crippen LogP contribution >= 0.6 is 0 Å². The standard InChI is InChI=1S/C12H18N4O/c1-6-10(13)11(16-15-6)14-12(17)9-5-7-2-3-8(9)4-7/h7-9H,2-5,13H2,1H3,(H2,14,15,16,17). The van der Waals surface area contributed by atoms with Gasteiger partial charge in [0.05, 0.1) is 11.4 Å². The number of nitrogen functional groups attached to an aromatic ring is 1. The lowest BCUT2D eigenvalue weighted by Gasteiger charge is -2.20. The Morgan fingerprint density at radius 2 is 2.29 bits per heavy atom. The van der Waals surface area contributed by atoms with E-state index in [9.17, 15) is 4.79 Å². The van der Waals surface area contributed by atoms with E-state index in [0.717, 1.165) is 18.0 Å². The molecule has 5 heteroatoms. The third kappa shape index (κ3) is 1.69. The average Bonchev–Trinajstić information content (AvgIpc) is 3.00. The molecule has 2 aliphatic rings. The van der Waals surface area contributed by atoms with Crippen molar-refractivity contribution in [2.45, 2.75) is 32.6 Å². The van der Waals surface area contributed by atoms with Crippen molar-refractivity contribution in [3.05, 3.63) is 5.69 Å². The van der Waals surface area contributed by atoms with E-state index in [1.165, 1.54) is 19.3 Å². The highest BCUT2D eigenvalue weighted by atomic mass is 16.2. The first kappa shape index (κ1) is 10.6. The number of anilines is 2. The van der Waals surface area contributed by atoms with Crippen LogP contribution in [0.25, 0.3) is 0 Å². The molecule has 0 aromatic carbocycles. The second kappa shape index (κ2) is 3.75. The predicted molar refractivity (Wildman–Crippen MR) is 65.3 cm³/mol. The van der Waals surface area contributed by atoms with Crippen molar-refractivity contribution >= 4 is 17.4 Å². The van der Waals surface area contributed by atoms with Crippen LogP contribution in [-0.4, -0.2) is 16.1 Å². The Labute approximate surface area is 100 Å². The predicted octanol–water partition coefficient (Wildman–Crippen LogP) is 1.68. The van der Waals surface area contributed by atoms with E-state index in [-0.39, 0.29) is 11.8 Å². The molecular weight excluding hydrogens is 216 g/mol. The van der Waals surface area contributed by atoms with E-state index < -0.39 is 0 Å². The van der Waals surface area contributed by atoms with E-state index in [0.29, 0.717) is 17.4 Å². The lowest BCUT2D eigenvalue weighted by atomic mass is 9.88. The monoisotopic (exact) mass is 234 g/mol. The van der Waals surface area contributed by atoms with Crippen molar-refractivity contribution in [2.24, 2.45) is 17.8 Å². The lowest BCUT2D eigenvalue weighted by Crippen LogP contribution is -2.27. The zero-order valence-electron chi connectivity index (χ0n) is 9.99. The zero-order valence-corrected chi connectivity index (χ0v) is 9.99. The number of nitrogens with two attached hydrogens (primary N) is 1. The van der Waals surface area contributed by atoms with Crippen molar-refractivity contribution in [3.63, 3.8) is 0 Å². The second-order valence-corrected chi connectivity index (χ2v) is 5.38. The number of aromatic amines is 1. The molecule has 4 N–H and O–H groups in total. The molecule has 2 aliphatic carbocycles. The molecule has 2 fully saturated rings. The number of nitrogens with zero attached hydrogens (tertiary/aromatic N) is 1. The van der Waals surface area contributed by atoms with E-state index in [1.54, 1.807) is 0 Å². The number of nitrogens with one attached hydrogen (secondary N) is 2. The molecule has 0 spiro atoms. The SMILES string of the molecule is Cc1[nH]nc(NC(=O)C2CC3CCC2C3)c1N. The van der Waals surface area contributed by atoms with Crippen LogP contribution in [0.4, 0.5) is 11.5 Å². The van der Waals surface area contributed by atoms with Crippen LogP contribution in [0.1, 0.15) is 31.4 Å². The summed E-state index contributed by atoms with van der Waals surface area (Å²) in [6.07, 6.45) is 4.78. The van der Waals surface area contributed by atoms with Crippen molar-refractivity contribution in [1.82, 2.24) is 10.2 Å². The summed E-state index contributed by atoms with van der Waals surface area (Å²) in [7, 11) is 0. The van der Waals surface area contributed by atoms with Crippen LogP contribution < -0.4 is 11.1 Å². The summed E-state index contributed by atoms with van der Waals surface area (Å²) in [6.45, 7) is 1.84. The average molecular weight is 234 g/mol. The minimum absolute atomic E-state index is 0.0930. The highest BCUT2D eigenvalue weighted by Crippen LogP contribution is 2.48. The summed E-state index contributed by atoms with van der Waals surface area (Å²) in [5.74, 6) is 2.10. The molecule has 1 amide bonds. The van der Waals surface area contributed by atoms with Crippen LogP contribution in [0.3, 0.4) is 0 Å². The molecule has 3 unspecified atom stereocenters. The molecule has 17 heavy (non-hydrogen) atoms. The van der Waals surface area contributed by atoms with Crippen LogP contribution in [0.5, 0.6) is 0 Å². The molecule has 1 heterocycles. The summed E-state index contributed by atoms with van der Waals surface area (Å²) >= 11 is 0. The van der Waals surface area contributed by atoms with E-state index in [2.05, 4.69) is 15.5 Å². The van der Waals surface area contributed by atoms with Crippen LogP contribution in [0.2, 0.25) is 0 Å². The number of aryl methyl sites for hydroxylation is 1. The first-order chi connectivity index (χ1) is 8.15. The number of aromatic nitrogens is 2. The number of fused-ring (bicyclic) bond motifs is 2. The Kier molecular flexibility index (Phi) is 2.34. The van der Waals surface area contributed by atoms with Gasteiger partial charge in [-0.15, -0.1) is 0 Å². The van der Waals surface area contributed by atoms with Crippen LogP contribution in [0.15, 0.2) is 0 Å². The van der Waals surface area contributed by atoms with E-state index in [4.69, 9.17) is 5.73 Å². The van der Waals surface area contributed by atoms with Gasteiger partial charge in [-0.1, -0.05) is 6.42 Å². The molecule has 0 radical (unpaired) electrons. The third-order valence-electron chi connectivity index (χ3n) is 4.31. The van der Waals surface area contributed by atoms with E-state index >= 15 is 0 Å². The number of H-pyrrole nitrogens is 1. The smallest absolute Gasteiger partial charge is 0.229 e. The molecule has 3 atom stereocenters. The number of carbonyl (C=O) groups is 1. The topological polar surface area (TPSA) is 83.8 Å². The molecule has 92 valence electrons. The van der Waals surface area contributed by atoms with Gasteiger partial charge >= 0.3 is 0 Å². The number of carbonyl (C=O) groups excluding carboxylic acids is 1. The fourth-order valence-corrected chi connectivity index (χ4v) is 3.31. The Morgan fingerprint density at radius 3 is 2.82 bits per heavy atom. The second-order valence-electron chi connectivity index (χ2n) is 5.38. The van der Waals surface area contributed by atoms with E-state index in [1.807, 2.05) is 6.92 Å². The normalized spacial score (nSPS) is 30.8.